The maximum atomic E-state index is 13.0. The van der Waals surface area contributed by atoms with Crippen LogP contribution in [0.3, 0.4) is 0 Å². The van der Waals surface area contributed by atoms with E-state index in [2.05, 4.69) is 10.6 Å². The standard InChI is InChI=1S/C16H21FN2OS/c17-13-7-4-8-14(11-13)18-16(21)19-15(20)10-9-12-5-2-1-3-6-12/h4,7-8,11-12H,1-3,5-6,9-10H2,(H2,18,19,20,21). The summed E-state index contributed by atoms with van der Waals surface area (Å²) in [6, 6.07) is 5.98. The molecule has 1 amide bonds. The summed E-state index contributed by atoms with van der Waals surface area (Å²) >= 11 is 5.06. The third-order valence-electron chi connectivity index (χ3n) is 3.84. The summed E-state index contributed by atoms with van der Waals surface area (Å²) in [4.78, 5) is 11.8. The molecular formula is C16H21FN2OS. The molecule has 1 aliphatic rings. The molecule has 0 saturated heterocycles. The zero-order valence-electron chi connectivity index (χ0n) is 12.0. The van der Waals surface area contributed by atoms with Gasteiger partial charge in [-0.05, 0) is 42.8 Å². The summed E-state index contributed by atoms with van der Waals surface area (Å²) in [5.74, 6) is 0.259. The maximum absolute atomic E-state index is 13.0. The van der Waals surface area contributed by atoms with E-state index in [1.807, 2.05) is 0 Å². The van der Waals surface area contributed by atoms with E-state index < -0.39 is 0 Å². The number of benzene rings is 1. The second-order valence-electron chi connectivity index (χ2n) is 5.56. The van der Waals surface area contributed by atoms with Crippen molar-refractivity contribution in [3.05, 3.63) is 30.1 Å². The predicted molar refractivity (Wildman–Crippen MR) is 86.6 cm³/mol. The summed E-state index contributed by atoms with van der Waals surface area (Å²) in [7, 11) is 0. The van der Waals surface area contributed by atoms with Gasteiger partial charge in [0.1, 0.15) is 5.82 Å². The fourth-order valence-electron chi connectivity index (χ4n) is 2.73. The number of rotatable bonds is 4. The molecule has 5 heteroatoms. The lowest BCUT2D eigenvalue weighted by atomic mass is 9.86. The Labute approximate surface area is 130 Å². The van der Waals surface area contributed by atoms with E-state index in [9.17, 15) is 9.18 Å². The van der Waals surface area contributed by atoms with Gasteiger partial charge >= 0.3 is 0 Å². The fourth-order valence-corrected chi connectivity index (χ4v) is 2.96. The molecule has 2 N–H and O–H groups in total. The number of nitrogens with one attached hydrogen (secondary N) is 2. The number of thiocarbonyl (C=S) groups is 1. The van der Waals surface area contributed by atoms with Gasteiger partial charge in [0.05, 0.1) is 0 Å². The highest BCUT2D eigenvalue weighted by Crippen LogP contribution is 2.27. The molecule has 1 aromatic carbocycles. The molecule has 0 aromatic heterocycles. The fraction of sp³-hybridized carbons (Fsp3) is 0.500. The SMILES string of the molecule is O=C(CCC1CCCCC1)NC(=S)Nc1cccc(F)c1. The van der Waals surface area contributed by atoms with E-state index in [-0.39, 0.29) is 16.8 Å². The van der Waals surface area contributed by atoms with E-state index in [4.69, 9.17) is 12.2 Å². The molecule has 0 bridgehead atoms. The van der Waals surface area contributed by atoms with Gasteiger partial charge in [0.15, 0.2) is 5.11 Å². The van der Waals surface area contributed by atoms with E-state index in [0.29, 0.717) is 18.0 Å². The lowest BCUT2D eigenvalue weighted by Gasteiger charge is -2.21. The molecule has 114 valence electrons. The number of halogens is 1. The zero-order chi connectivity index (χ0) is 15.1. The van der Waals surface area contributed by atoms with Crippen molar-refractivity contribution < 1.29 is 9.18 Å². The van der Waals surface area contributed by atoms with Gasteiger partial charge in [0.2, 0.25) is 5.91 Å². The molecule has 21 heavy (non-hydrogen) atoms. The normalized spacial score (nSPS) is 15.5. The molecule has 3 nitrogen and oxygen atoms in total. The molecule has 0 aliphatic heterocycles. The quantitative estimate of drug-likeness (QED) is 0.826. The third-order valence-corrected chi connectivity index (χ3v) is 4.04. The molecule has 2 rings (SSSR count). The van der Waals surface area contributed by atoms with Crippen LogP contribution >= 0.6 is 12.2 Å². The van der Waals surface area contributed by atoms with Crippen LogP contribution in [0.4, 0.5) is 10.1 Å². The highest BCUT2D eigenvalue weighted by molar-refractivity contribution is 7.80. The molecule has 0 unspecified atom stereocenters. The molecule has 1 aromatic rings. The predicted octanol–water partition coefficient (Wildman–Crippen LogP) is 4.00. The maximum Gasteiger partial charge on any atom is 0.226 e. The van der Waals surface area contributed by atoms with Crippen LogP contribution in [0.5, 0.6) is 0 Å². The molecule has 0 heterocycles. The van der Waals surface area contributed by atoms with Crippen molar-refractivity contribution in [3.63, 3.8) is 0 Å². The van der Waals surface area contributed by atoms with Gasteiger partial charge in [-0.1, -0.05) is 38.2 Å². The number of amides is 1. The Balaban J connectivity index is 1.70. The van der Waals surface area contributed by atoms with Crippen LogP contribution in [0.2, 0.25) is 0 Å². The minimum atomic E-state index is -0.341. The molecule has 0 atom stereocenters. The molecule has 1 aliphatic carbocycles. The van der Waals surface area contributed by atoms with Gasteiger partial charge < -0.3 is 10.6 Å². The second kappa shape index (κ2) is 8.08. The van der Waals surface area contributed by atoms with E-state index in [1.54, 1.807) is 12.1 Å². The van der Waals surface area contributed by atoms with Crippen LogP contribution in [-0.2, 0) is 4.79 Å². The van der Waals surface area contributed by atoms with Crippen molar-refractivity contribution >= 4 is 28.9 Å². The number of carbonyl (C=O) groups excluding carboxylic acids is 1. The number of anilines is 1. The smallest absolute Gasteiger partial charge is 0.226 e. The van der Waals surface area contributed by atoms with Gasteiger partial charge in [-0.15, -0.1) is 0 Å². The molecular weight excluding hydrogens is 287 g/mol. The number of hydrogen-bond donors (Lipinski definition) is 2. The summed E-state index contributed by atoms with van der Waals surface area (Å²) in [5, 5.41) is 5.67. The van der Waals surface area contributed by atoms with E-state index >= 15 is 0 Å². The average molecular weight is 308 g/mol. The molecule has 0 radical (unpaired) electrons. The van der Waals surface area contributed by atoms with Crippen molar-refractivity contribution in [3.8, 4) is 0 Å². The first kappa shape index (κ1) is 15.9. The first-order valence-corrected chi connectivity index (χ1v) is 7.91. The minimum absolute atomic E-state index is 0.0746. The highest BCUT2D eigenvalue weighted by atomic mass is 32.1. The third kappa shape index (κ3) is 5.79. The van der Waals surface area contributed by atoms with Gasteiger partial charge in [0.25, 0.3) is 0 Å². The minimum Gasteiger partial charge on any atom is -0.332 e. The highest BCUT2D eigenvalue weighted by Gasteiger charge is 2.15. The number of carbonyl (C=O) groups is 1. The van der Waals surface area contributed by atoms with Crippen LogP contribution in [0.25, 0.3) is 0 Å². The van der Waals surface area contributed by atoms with E-state index in [0.717, 1.165) is 6.42 Å². The Morgan fingerprint density at radius 3 is 2.76 bits per heavy atom. The summed E-state index contributed by atoms with van der Waals surface area (Å²) in [6.45, 7) is 0. The summed E-state index contributed by atoms with van der Waals surface area (Å²) in [5.41, 5.74) is 0.535. The Kier molecular flexibility index (Phi) is 6.11. The lowest BCUT2D eigenvalue weighted by Crippen LogP contribution is -2.34. The van der Waals surface area contributed by atoms with Crippen molar-refractivity contribution in [2.24, 2.45) is 5.92 Å². The lowest BCUT2D eigenvalue weighted by molar-refractivity contribution is -0.120. The van der Waals surface area contributed by atoms with Crippen LogP contribution in [-0.4, -0.2) is 11.0 Å². The van der Waals surface area contributed by atoms with Crippen molar-refractivity contribution in [2.75, 3.05) is 5.32 Å². The van der Waals surface area contributed by atoms with Crippen molar-refractivity contribution in [1.82, 2.24) is 5.32 Å². The Morgan fingerprint density at radius 2 is 2.05 bits per heavy atom. The number of hydrogen-bond acceptors (Lipinski definition) is 2. The van der Waals surface area contributed by atoms with Crippen LogP contribution in [0, 0.1) is 11.7 Å². The monoisotopic (exact) mass is 308 g/mol. The molecule has 1 fully saturated rings. The van der Waals surface area contributed by atoms with Gasteiger partial charge in [-0.3, -0.25) is 4.79 Å². The van der Waals surface area contributed by atoms with Crippen molar-refractivity contribution in [2.45, 2.75) is 44.9 Å². The Hall–Kier alpha value is -1.49. The van der Waals surface area contributed by atoms with Crippen LogP contribution in [0.15, 0.2) is 24.3 Å². The largest absolute Gasteiger partial charge is 0.332 e. The molecule has 1 saturated carbocycles. The average Bonchev–Trinajstić information content (AvgIpc) is 2.46. The Bertz CT molecular complexity index is 501. The summed E-state index contributed by atoms with van der Waals surface area (Å²) < 4.78 is 13.0. The topological polar surface area (TPSA) is 41.1 Å². The summed E-state index contributed by atoms with van der Waals surface area (Å²) in [6.07, 6.45) is 7.78. The van der Waals surface area contributed by atoms with Crippen LogP contribution in [0.1, 0.15) is 44.9 Å². The first-order valence-electron chi connectivity index (χ1n) is 7.50. The van der Waals surface area contributed by atoms with Crippen LogP contribution < -0.4 is 10.6 Å². The molecule has 0 spiro atoms. The second-order valence-corrected chi connectivity index (χ2v) is 5.96. The van der Waals surface area contributed by atoms with E-state index in [1.165, 1.54) is 44.2 Å². The first-order chi connectivity index (χ1) is 10.1. The van der Waals surface area contributed by atoms with Gasteiger partial charge in [0, 0.05) is 12.1 Å². The van der Waals surface area contributed by atoms with Gasteiger partial charge in [-0.25, -0.2) is 4.39 Å². The van der Waals surface area contributed by atoms with Crippen molar-refractivity contribution in [1.29, 1.82) is 0 Å². The zero-order valence-corrected chi connectivity index (χ0v) is 12.8. The van der Waals surface area contributed by atoms with Gasteiger partial charge in [-0.2, -0.15) is 0 Å². The Morgan fingerprint density at radius 1 is 1.29 bits per heavy atom.